The summed E-state index contributed by atoms with van der Waals surface area (Å²) in [5, 5.41) is 2.92. The highest BCUT2D eigenvalue weighted by atomic mass is 32.2. The van der Waals surface area contributed by atoms with E-state index in [9.17, 15) is 13.2 Å². The van der Waals surface area contributed by atoms with Crippen molar-refractivity contribution in [2.75, 3.05) is 23.9 Å². The molecule has 0 radical (unpaired) electrons. The molecule has 6 nitrogen and oxygen atoms in total. The Labute approximate surface area is 221 Å². The minimum Gasteiger partial charge on any atom is -0.350 e. The number of anilines is 1. The molecule has 196 valence electrons. The van der Waals surface area contributed by atoms with Gasteiger partial charge in [-0.3, -0.25) is 14.0 Å². The largest absolute Gasteiger partial charge is 0.350 e. The van der Waals surface area contributed by atoms with E-state index in [2.05, 4.69) is 36.2 Å². The highest BCUT2D eigenvalue weighted by molar-refractivity contribution is 7.92. The molecule has 0 aromatic heterocycles. The van der Waals surface area contributed by atoms with Gasteiger partial charge < -0.3 is 5.32 Å². The average molecular weight is 520 g/mol. The highest BCUT2D eigenvalue weighted by Crippen LogP contribution is 2.26. The predicted molar refractivity (Wildman–Crippen MR) is 149 cm³/mol. The second kappa shape index (κ2) is 11.9. The smallest absolute Gasteiger partial charge is 0.264 e. The molecular formula is C30H37N3O3S. The molecule has 1 aliphatic rings. The topological polar surface area (TPSA) is 69.7 Å². The molecule has 7 heteroatoms. The molecule has 0 bridgehead atoms. The van der Waals surface area contributed by atoms with E-state index in [4.69, 9.17) is 0 Å². The number of aryl methyl sites for hydroxylation is 1. The van der Waals surface area contributed by atoms with Crippen LogP contribution >= 0.6 is 0 Å². The molecule has 4 rings (SSSR count). The van der Waals surface area contributed by atoms with Gasteiger partial charge in [0.15, 0.2) is 0 Å². The molecule has 1 amide bonds. The first-order chi connectivity index (χ1) is 17.7. The zero-order valence-corrected chi connectivity index (χ0v) is 22.8. The molecule has 37 heavy (non-hydrogen) atoms. The first-order valence-corrected chi connectivity index (χ1v) is 14.4. The van der Waals surface area contributed by atoms with Gasteiger partial charge in [0.05, 0.1) is 10.6 Å². The number of hydrogen-bond donors (Lipinski definition) is 1. The van der Waals surface area contributed by atoms with Crippen molar-refractivity contribution in [1.29, 1.82) is 0 Å². The van der Waals surface area contributed by atoms with Crippen molar-refractivity contribution in [3.63, 3.8) is 0 Å². The lowest BCUT2D eigenvalue weighted by molar-refractivity contribution is -0.119. The van der Waals surface area contributed by atoms with E-state index in [-0.39, 0.29) is 17.3 Å². The van der Waals surface area contributed by atoms with Gasteiger partial charge in [0.1, 0.15) is 6.54 Å². The van der Waals surface area contributed by atoms with Gasteiger partial charge in [-0.15, -0.1) is 0 Å². The third-order valence-corrected chi connectivity index (χ3v) is 8.62. The van der Waals surface area contributed by atoms with E-state index in [1.54, 1.807) is 36.4 Å². The summed E-state index contributed by atoms with van der Waals surface area (Å²) in [6, 6.07) is 22.3. The zero-order valence-electron chi connectivity index (χ0n) is 22.0. The van der Waals surface area contributed by atoms with Crippen molar-refractivity contribution in [2.45, 2.75) is 57.5 Å². The second-order valence-corrected chi connectivity index (χ2v) is 12.0. The molecule has 3 aromatic carbocycles. The zero-order chi connectivity index (χ0) is 26.4. The van der Waals surface area contributed by atoms with Crippen molar-refractivity contribution in [2.24, 2.45) is 0 Å². The highest BCUT2D eigenvalue weighted by Gasteiger charge is 2.27. The SMILES string of the molecule is Cc1ccc(S(=O)(=O)N(CC(=O)NCc2cccc(CN3CCCC3)c2)c2ccc(C(C)C)cc2)cc1. The summed E-state index contributed by atoms with van der Waals surface area (Å²) in [6.07, 6.45) is 2.50. The van der Waals surface area contributed by atoms with Crippen LogP contribution in [0.5, 0.6) is 0 Å². The number of carbonyl (C=O) groups is 1. The van der Waals surface area contributed by atoms with Crippen molar-refractivity contribution < 1.29 is 13.2 Å². The van der Waals surface area contributed by atoms with E-state index < -0.39 is 10.0 Å². The Morgan fingerprint density at radius 1 is 0.946 bits per heavy atom. The third kappa shape index (κ3) is 6.99. The van der Waals surface area contributed by atoms with E-state index >= 15 is 0 Å². The number of sulfonamides is 1. The lowest BCUT2D eigenvalue weighted by Crippen LogP contribution is -2.40. The van der Waals surface area contributed by atoms with Gasteiger partial charge in [-0.1, -0.05) is 67.9 Å². The first-order valence-electron chi connectivity index (χ1n) is 13.0. The Morgan fingerprint density at radius 2 is 1.59 bits per heavy atom. The van der Waals surface area contributed by atoms with Crippen LogP contribution in [-0.4, -0.2) is 38.9 Å². The van der Waals surface area contributed by atoms with Gasteiger partial charge in [0.25, 0.3) is 10.0 Å². The van der Waals surface area contributed by atoms with Gasteiger partial charge in [-0.25, -0.2) is 8.42 Å². The Balaban J connectivity index is 1.50. The van der Waals surface area contributed by atoms with Crippen LogP contribution in [0.25, 0.3) is 0 Å². The second-order valence-electron chi connectivity index (χ2n) is 10.2. The van der Waals surface area contributed by atoms with Crippen LogP contribution in [0.4, 0.5) is 5.69 Å². The van der Waals surface area contributed by atoms with Gasteiger partial charge in [-0.2, -0.15) is 0 Å². The number of amides is 1. The normalized spacial score (nSPS) is 14.2. The number of likely N-dealkylation sites (tertiary alicyclic amines) is 1. The fourth-order valence-electron chi connectivity index (χ4n) is 4.60. The van der Waals surface area contributed by atoms with Crippen LogP contribution in [0.3, 0.4) is 0 Å². The minimum absolute atomic E-state index is 0.161. The van der Waals surface area contributed by atoms with E-state index in [1.165, 1.54) is 22.7 Å². The maximum atomic E-state index is 13.6. The fraction of sp³-hybridized carbons (Fsp3) is 0.367. The van der Waals surface area contributed by atoms with Crippen LogP contribution in [0.15, 0.2) is 77.7 Å². The molecule has 0 aliphatic carbocycles. The summed E-state index contributed by atoms with van der Waals surface area (Å²) in [6.45, 7) is 9.30. The van der Waals surface area contributed by atoms with E-state index in [0.717, 1.165) is 36.3 Å². The molecule has 1 saturated heterocycles. The number of rotatable bonds is 10. The molecule has 0 atom stereocenters. The Bertz CT molecular complexity index is 1300. The van der Waals surface area contributed by atoms with Crippen LogP contribution in [-0.2, 0) is 27.9 Å². The van der Waals surface area contributed by atoms with Crippen molar-refractivity contribution in [3.8, 4) is 0 Å². The summed E-state index contributed by atoms with van der Waals surface area (Å²) < 4.78 is 28.4. The first kappa shape index (κ1) is 26.9. The molecule has 0 spiro atoms. The maximum absolute atomic E-state index is 13.6. The van der Waals surface area contributed by atoms with Gasteiger partial charge in [0.2, 0.25) is 5.91 Å². The average Bonchev–Trinajstić information content (AvgIpc) is 3.39. The molecule has 1 fully saturated rings. The summed E-state index contributed by atoms with van der Waals surface area (Å²) in [5.41, 5.74) is 4.76. The van der Waals surface area contributed by atoms with Crippen LogP contribution in [0.2, 0.25) is 0 Å². The lowest BCUT2D eigenvalue weighted by Gasteiger charge is -2.24. The van der Waals surface area contributed by atoms with Gasteiger partial charge >= 0.3 is 0 Å². The summed E-state index contributed by atoms with van der Waals surface area (Å²) in [7, 11) is -3.94. The maximum Gasteiger partial charge on any atom is 0.264 e. The number of benzene rings is 3. The third-order valence-electron chi connectivity index (χ3n) is 6.83. The van der Waals surface area contributed by atoms with E-state index in [1.807, 2.05) is 31.2 Å². The van der Waals surface area contributed by atoms with E-state index in [0.29, 0.717) is 18.2 Å². The minimum atomic E-state index is -3.94. The Hall–Kier alpha value is -3.16. The van der Waals surface area contributed by atoms with Crippen molar-refractivity contribution in [1.82, 2.24) is 10.2 Å². The number of hydrogen-bond acceptors (Lipinski definition) is 4. The van der Waals surface area contributed by atoms with Gasteiger partial charge in [-0.05, 0) is 79.7 Å². The molecule has 0 saturated carbocycles. The summed E-state index contributed by atoms with van der Waals surface area (Å²) in [4.78, 5) is 15.6. The van der Waals surface area contributed by atoms with Crippen molar-refractivity contribution >= 4 is 21.6 Å². The Morgan fingerprint density at radius 3 is 2.24 bits per heavy atom. The monoisotopic (exact) mass is 519 g/mol. The molecule has 0 unspecified atom stereocenters. The standard InChI is InChI=1S/C30H37N3O3S/c1-23(2)27-11-13-28(14-12-27)33(37(35,36)29-15-9-24(3)10-16-29)22-30(34)31-20-25-7-6-8-26(19-25)21-32-17-4-5-18-32/h6-16,19,23H,4-5,17-18,20-22H2,1-3H3,(H,31,34). The van der Waals surface area contributed by atoms with Crippen molar-refractivity contribution in [3.05, 3.63) is 95.1 Å². The lowest BCUT2D eigenvalue weighted by atomic mass is 10.0. The number of nitrogens with zero attached hydrogens (tertiary/aromatic N) is 2. The quantitative estimate of drug-likeness (QED) is 0.398. The molecule has 3 aromatic rings. The number of nitrogens with one attached hydrogen (secondary N) is 1. The molecule has 1 aliphatic heterocycles. The fourth-order valence-corrected chi connectivity index (χ4v) is 6.02. The predicted octanol–water partition coefficient (Wildman–Crippen LogP) is 5.23. The molecule has 1 heterocycles. The summed E-state index contributed by atoms with van der Waals surface area (Å²) >= 11 is 0. The van der Waals surface area contributed by atoms with Crippen LogP contribution < -0.4 is 9.62 Å². The summed E-state index contributed by atoms with van der Waals surface area (Å²) in [5.74, 6) is -0.0331. The van der Waals surface area contributed by atoms with Gasteiger partial charge in [0, 0.05) is 13.1 Å². The molecular weight excluding hydrogens is 482 g/mol. The van der Waals surface area contributed by atoms with Crippen LogP contribution in [0.1, 0.15) is 54.9 Å². The van der Waals surface area contributed by atoms with Crippen LogP contribution in [0, 0.1) is 6.92 Å². The number of carbonyl (C=O) groups excluding carboxylic acids is 1. The Kier molecular flexibility index (Phi) is 8.67. The molecule has 1 N–H and O–H groups in total.